The summed E-state index contributed by atoms with van der Waals surface area (Å²) in [6, 6.07) is 16.3. The molecule has 0 atom stereocenters. The lowest BCUT2D eigenvalue weighted by molar-refractivity contribution is -0.147. The number of amides is 2. The van der Waals surface area contributed by atoms with Gasteiger partial charge in [0.1, 0.15) is 12.1 Å². The number of carboxylic acids is 1. The smallest absolute Gasteiger partial charge is 0.408 e. The molecule has 2 aliphatic carbocycles. The highest BCUT2D eigenvalue weighted by Crippen LogP contribution is 2.44. The van der Waals surface area contributed by atoms with Crippen LogP contribution in [0, 0.1) is 5.41 Å². The Morgan fingerprint density at radius 3 is 2.12 bits per heavy atom. The lowest BCUT2D eigenvalue weighted by atomic mass is 9.89. The normalized spacial score (nSPS) is 16.4. The lowest BCUT2D eigenvalue weighted by Gasteiger charge is -2.29. The highest BCUT2D eigenvalue weighted by molar-refractivity contribution is 5.90. The van der Waals surface area contributed by atoms with Crippen molar-refractivity contribution in [1.82, 2.24) is 10.6 Å². The fraction of sp³-hybridized carbons (Fsp3) is 0.444. The number of fused-ring (bicyclic) bond motifs is 3. The summed E-state index contributed by atoms with van der Waals surface area (Å²) in [5, 5.41) is 15.0. The maximum atomic E-state index is 13.0. The Morgan fingerprint density at radius 2 is 1.56 bits per heavy atom. The van der Waals surface area contributed by atoms with Crippen molar-refractivity contribution in [1.29, 1.82) is 0 Å². The predicted octanol–water partition coefficient (Wildman–Crippen LogP) is 4.46. The van der Waals surface area contributed by atoms with Crippen molar-refractivity contribution in [3.8, 4) is 11.1 Å². The minimum atomic E-state index is -1.02. The molecule has 7 nitrogen and oxygen atoms in total. The second-order valence-electron chi connectivity index (χ2n) is 9.93. The van der Waals surface area contributed by atoms with Crippen molar-refractivity contribution in [3.63, 3.8) is 0 Å². The van der Waals surface area contributed by atoms with E-state index in [1.165, 1.54) is 0 Å². The van der Waals surface area contributed by atoms with Gasteiger partial charge in [-0.05, 0) is 55.4 Å². The third-order valence-corrected chi connectivity index (χ3v) is 7.19. The van der Waals surface area contributed by atoms with Crippen LogP contribution >= 0.6 is 0 Å². The number of hydrogen-bond acceptors (Lipinski definition) is 4. The van der Waals surface area contributed by atoms with Crippen LogP contribution in [0.5, 0.6) is 0 Å². The van der Waals surface area contributed by atoms with Crippen molar-refractivity contribution in [2.45, 2.75) is 57.4 Å². The Bertz CT molecular complexity index is 1040. The number of hydrogen-bond donors (Lipinski definition) is 3. The summed E-state index contributed by atoms with van der Waals surface area (Å²) in [6.07, 6.45) is 2.42. The molecule has 0 spiro atoms. The minimum absolute atomic E-state index is 0.0512. The zero-order chi connectivity index (χ0) is 24.3. The molecule has 0 bridgehead atoms. The average Bonchev–Trinajstić information content (AvgIpc) is 3.41. The van der Waals surface area contributed by atoms with Gasteiger partial charge in [0, 0.05) is 12.5 Å². The molecule has 0 aromatic heterocycles. The van der Waals surface area contributed by atoms with E-state index in [-0.39, 0.29) is 25.0 Å². The summed E-state index contributed by atoms with van der Waals surface area (Å²) >= 11 is 0. The van der Waals surface area contributed by atoms with Crippen LogP contribution < -0.4 is 10.6 Å². The van der Waals surface area contributed by atoms with Gasteiger partial charge in [0.15, 0.2) is 0 Å². The monoisotopic (exact) mass is 464 g/mol. The molecule has 0 saturated heterocycles. The molecule has 0 radical (unpaired) electrons. The molecular formula is C27H32N2O5. The quantitative estimate of drug-likeness (QED) is 0.535. The van der Waals surface area contributed by atoms with E-state index in [2.05, 4.69) is 34.9 Å². The van der Waals surface area contributed by atoms with Gasteiger partial charge < -0.3 is 20.5 Å². The molecule has 2 aromatic carbocycles. The highest BCUT2D eigenvalue weighted by Gasteiger charge is 2.43. The summed E-state index contributed by atoms with van der Waals surface area (Å²) in [4.78, 5) is 37.1. The van der Waals surface area contributed by atoms with Gasteiger partial charge in [-0.25, -0.2) is 4.79 Å². The predicted molar refractivity (Wildman–Crippen MR) is 128 cm³/mol. The molecule has 1 saturated carbocycles. The van der Waals surface area contributed by atoms with Gasteiger partial charge in [-0.3, -0.25) is 9.59 Å². The number of benzene rings is 2. The third-order valence-electron chi connectivity index (χ3n) is 7.19. The van der Waals surface area contributed by atoms with E-state index in [4.69, 9.17) is 4.74 Å². The number of aliphatic carboxylic acids is 1. The van der Waals surface area contributed by atoms with Gasteiger partial charge in [0.2, 0.25) is 5.91 Å². The Hall–Kier alpha value is -3.35. The fourth-order valence-corrected chi connectivity index (χ4v) is 4.98. The van der Waals surface area contributed by atoms with Crippen LogP contribution in [0.2, 0.25) is 0 Å². The molecule has 0 unspecified atom stereocenters. The summed E-state index contributed by atoms with van der Waals surface area (Å²) in [5.41, 5.74) is 2.62. The number of carboxylic acid groups (broad SMARTS) is 1. The van der Waals surface area contributed by atoms with Crippen molar-refractivity contribution in [2.75, 3.05) is 13.2 Å². The third kappa shape index (κ3) is 4.65. The standard InChI is InChI=1S/C27H32N2O5/c1-26(2,24(31)32)15-16-28-23(30)27(13-7-8-14-27)29-25(33)34-17-22-20-11-5-3-9-18(20)19-10-4-6-12-21(19)22/h3-6,9-12,22H,7-8,13-17H2,1-2H3,(H,28,30)(H,29,33)(H,31,32). The summed E-state index contributed by atoms with van der Waals surface area (Å²) in [5.74, 6) is -1.24. The first kappa shape index (κ1) is 23.8. The molecule has 0 aliphatic heterocycles. The Labute approximate surface area is 199 Å². The molecule has 0 heterocycles. The second kappa shape index (κ2) is 9.49. The van der Waals surface area contributed by atoms with E-state index in [1.54, 1.807) is 13.8 Å². The molecule has 2 amide bonds. The first-order chi connectivity index (χ1) is 16.2. The molecule has 4 rings (SSSR count). The summed E-state index contributed by atoms with van der Waals surface area (Å²) in [6.45, 7) is 3.67. The van der Waals surface area contributed by atoms with Gasteiger partial charge in [-0.15, -0.1) is 0 Å². The van der Waals surface area contributed by atoms with Crippen LogP contribution in [-0.4, -0.2) is 41.8 Å². The van der Waals surface area contributed by atoms with Crippen molar-refractivity contribution >= 4 is 18.0 Å². The molecule has 7 heteroatoms. The van der Waals surface area contributed by atoms with Crippen LogP contribution in [0.1, 0.15) is 63.0 Å². The lowest BCUT2D eigenvalue weighted by Crippen LogP contribution is -2.57. The van der Waals surface area contributed by atoms with E-state index < -0.39 is 23.0 Å². The SMILES string of the molecule is CC(C)(CCNC(=O)C1(NC(=O)OCC2c3ccccc3-c3ccccc32)CCCC1)C(=O)O. The first-order valence-electron chi connectivity index (χ1n) is 11.9. The number of carbonyl (C=O) groups excluding carboxylic acids is 2. The largest absolute Gasteiger partial charge is 0.481 e. The van der Waals surface area contributed by atoms with E-state index in [1.807, 2.05) is 24.3 Å². The molecular weight excluding hydrogens is 432 g/mol. The maximum Gasteiger partial charge on any atom is 0.408 e. The van der Waals surface area contributed by atoms with E-state index >= 15 is 0 Å². The van der Waals surface area contributed by atoms with E-state index in [0.29, 0.717) is 19.3 Å². The molecule has 180 valence electrons. The average molecular weight is 465 g/mol. The molecule has 2 aromatic rings. The number of alkyl carbamates (subject to hydrolysis) is 1. The Balaban J connectivity index is 1.38. The van der Waals surface area contributed by atoms with Crippen LogP contribution in [0.25, 0.3) is 11.1 Å². The van der Waals surface area contributed by atoms with E-state index in [0.717, 1.165) is 35.1 Å². The van der Waals surface area contributed by atoms with Gasteiger partial charge >= 0.3 is 12.1 Å². The van der Waals surface area contributed by atoms with Crippen molar-refractivity contribution in [3.05, 3.63) is 59.7 Å². The molecule has 1 fully saturated rings. The van der Waals surface area contributed by atoms with Gasteiger partial charge in [-0.2, -0.15) is 0 Å². The maximum absolute atomic E-state index is 13.0. The summed E-state index contributed by atoms with van der Waals surface area (Å²) in [7, 11) is 0. The molecule has 2 aliphatic rings. The number of rotatable bonds is 8. The fourth-order valence-electron chi connectivity index (χ4n) is 4.98. The van der Waals surface area contributed by atoms with Gasteiger partial charge in [0.25, 0.3) is 0 Å². The highest BCUT2D eigenvalue weighted by atomic mass is 16.5. The molecule has 34 heavy (non-hydrogen) atoms. The van der Waals surface area contributed by atoms with Gasteiger partial charge in [-0.1, -0.05) is 61.4 Å². The molecule has 3 N–H and O–H groups in total. The van der Waals surface area contributed by atoms with Crippen molar-refractivity contribution < 1.29 is 24.2 Å². The zero-order valence-electron chi connectivity index (χ0n) is 19.7. The van der Waals surface area contributed by atoms with E-state index in [9.17, 15) is 19.5 Å². The van der Waals surface area contributed by atoms with Crippen LogP contribution in [0.4, 0.5) is 4.79 Å². The van der Waals surface area contributed by atoms with Gasteiger partial charge in [0.05, 0.1) is 5.41 Å². The summed E-state index contributed by atoms with van der Waals surface area (Å²) < 4.78 is 5.66. The minimum Gasteiger partial charge on any atom is -0.481 e. The van der Waals surface area contributed by atoms with Crippen LogP contribution in [0.15, 0.2) is 48.5 Å². The second-order valence-corrected chi connectivity index (χ2v) is 9.93. The van der Waals surface area contributed by atoms with Crippen LogP contribution in [0.3, 0.4) is 0 Å². The number of nitrogens with one attached hydrogen (secondary N) is 2. The van der Waals surface area contributed by atoms with Crippen molar-refractivity contribution in [2.24, 2.45) is 5.41 Å². The topological polar surface area (TPSA) is 105 Å². The number of carbonyl (C=O) groups is 3. The van der Waals surface area contributed by atoms with Crippen LogP contribution in [-0.2, 0) is 14.3 Å². The first-order valence-corrected chi connectivity index (χ1v) is 11.9. The zero-order valence-corrected chi connectivity index (χ0v) is 19.7. The number of ether oxygens (including phenoxy) is 1. The Morgan fingerprint density at radius 1 is 1.00 bits per heavy atom. The Kier molecular flexibility index (Phi) is 6.64.